The van der Waals surface area contributed by atoms with Crippen LogP contribution < -0.4 is 10.8 Å². The Morgan fingerprint density at radius 1 is 0.741 bits per heavy atom. The fourth-order valence-corrected chi connectivity index (χ4v) is 2.80. The molecule has 1 atom stereocenters. The molecule has 0 saturated heterocycles. The average Bonchev–Trinajstić information content (AvgIpc) is 2.74. The van der Waals surface area contributed by atoms with Gasteiger partial charge in [0.25, 0.3) is 11.8 Å². The average molecular weight is 360 g/mol. The molecule has 136 valence electrons. The zero-order valence-corrected chi connectivity index (χ0v) is 14.8. The van der Waals surface area contributed by atoms with Crippen molar-refractivity contribution < 1.29 is 14.8 Å². The van der Waals surface area contributed by atoms with Gasteiger partial charge in [-0.1, -0.05) is 54.6 Å². The van der Waals surface area contributed by atoms with Gasteiger partial charge in [0.15, 0.2) is 0 Å². The molecule has 0 aliphatic rings. The minimum absolute atomic E-state index is 0.167. The largest absolute Gasteiger partial charge is 0.346 e. The molecule has 0 heterocycles. The van der Waals surface area contributed by atoms with Crippen LogP contribution in [0.2, 0.25) is 0 Å². The van der Waals surface area contributed by atoms with Gasteiger partial charge in [-0.25, -0.2) is 5.48 Å². The molecule has 0 spiro atoms. The van der Waals surface area contributed by atoms with Crippen LogP contribution in [-0.2, 0) is 0 Å². The number of benzene rings is 3. The first-order valence-corrected chi connectivity index (χ1v) is 8.59. The molecule has 2 amide bonds. The van der Waals surface area contributed by atoms with Crippen molar-refractivity contribution in [3.8, 4) is 11.1 Å². The molecule has 3 rings (SSSR count). The van der Waals surface area contributed by atoms with E-state index < -0.39 is 5.91 Å². The van der Waals surface area contributed by atoms with E-state index in [0.717, 1.165) is 16.7 Å². The van der Waals surface area contributed by atoms with E-state index in [0.29, 0.717) is 11.1 Å². The Labute approximate surface area is 157 Å². The molecular formula is C22H20N2O3. The molecule has 5 heteroatoms. The number of amides is 2. The fourth-order valence-electron chi connectivity index (χ4n) is 2.80. The highest BCUT2D eigenvalue weighted by Gasteiger charge is 2.12. The van der Waals surface area contributed by atoms with E-state index in [9.17, 15) is 9.59 Å². The summed E-state index contributed by atoms with van der Waals surface area (Å²) in [7, 11) is 0. The molecule has 0 aromatic heterocycles. The first-order chi connectivity index (χ1) is 13.1. The van der Waals surface area contributed by atoms with Crippen molar-refractivity contribution in [2.75, 3.05) is 0 Å². The highest BCUT2D eigenvalue weighted by Crippen LogP contribution is 2.20. The standard InChI is InChI=1S/C22H20N2O3/c1-15(16-7-11-20(12-8-16)22(26)24-27)23-21(25)19-13-9-18(10-14-19)17-5-3-2-4-6-17/h2-15,27H,1H3,(H,23,25)(H,24,26)/t15-/m1/s1. The third kappa shape index (κ3) is 4.40. The lowest BCUT2D eigenvalue weighted by Gasteiger charge is -2.15. The maximum Gasteiger partial charge on any atom is 0.274 e. The second-order valence-electron chi connectivity index (χ2n) is 6.20. The minimum Gasteiger partial charge on any atom is -0.346 e. The molecule has 0 saturated carbocycles. The molecule has 0 radical (unpaired) electrons. The maximum atomic E-state index is 12.5. The number of nitrogens with one attached hydrogen (secondary N) is 2. The van der Waals surface area contributed by atoms with Gasteiger partial charge in [-0.3, -0.25) is 14.8 Å². The molecule has 0 aliphatic heterocycles. The summed E-state index contributed by atoms with van der Waals surface area (Å²) in [5.74, 6) is -0.740. The maximum absolute atomic E-state index is 12.5. The number of hydrogen-bond acceptors (Lipinski definition) is 3. The Morgan fingerprint density at radius 3 is 1.85 bits per heavy atom. The highest BCUT2D eigenvalue weighted by molar-refractivity contribution is 5.95. The van der Waals surface area contributed by atoms with Gasteiger partial charge in [-0.15, -0.1) is 0 Å². The summed E-state index contributed by atoms with van der Waals surface area (Å²) in [6.07, 6.45) is 0. The Kier molecular flexibility index (Phi) is 5.64. The SMILES string of the molecule is C[C@@H](NC(=O)c1ccc(-c2ccccc2)cc1)c1ccc(C(=O)NO)cc1. The third-order valence-electron chi connectivity index (χ3n) is 4.38. The molecule has 3 aromatic rings. The van der Waals surface area contributed by atoms with Gasteiger partial charge < -0.3 is 5.32 Å². The van der Waals surface area contributed by atoms with Crippen LogP contribution in [0.3, 0.4) is 0 Å². The van der Waals surface area contributed by atoms with E-state index in [2.05, 4.69) is 5.32 Å². The van der Waals surface area contributed by atoms with E-state index in [1.165, 1.54) is 0 Å². The normalized spacial score (nSPS) is 11.5. The van der Waals surface area contributed by atoms with Crippen molar-refractivity contribution in [3.63, 3.8) is 0 Å². The second-order valence-corrected chi connectivity index (χ2v) is 6.20. The lowest BCUT2D eigenvalue weighted by Crippen LogP contribution is -2.26. The van der Waals surface area contributed by atoms with Crippen LogP contribution >= 0.6 is 0 Å². The zero-order valence-electron chi connectivity index (χ0n) is 14.8. The summed E-state index contributed by atoms with van der Waals surface area (Å²) >= 11 is 0. The van der Waals surface area contributed by atoms with Crippen molar-refractivity contribution in [1.29, 1.82) is 0 Å². The predicted molar refractivity (Wildman–Crippen MR) is 103 cm³/mol. The van der Waals surface area contributed by atoms with Crippen LogP contribution in [-0.4, -0.2) is 17.0 Å². The third-order valence-corrected chi connectivity index (χ3v) is 4.38. The lowest BCUT2D eigenvalue weighted by molar-refractivity contribution is 0.0706. The number of hydroxylamine groups is 1. The van der Waals surface area contributed by atoms with Gasteiger partial charge in [0.2, 0.25) is 0 Å². The summed E-state index contributed by atoms with van der Waals surface area (Å²) in [6, 6.07) is 23.9. The van der Waals surface area contributed by atoms with Gasteiger partial charge in [-0.05, 0) is 47.9 Å². The summed E-state index contributed by atoms with van der Waals surface area (Å²) in [5.41, 5.74) is 5.53. The van der Waals surface area contributed by atoms with Crippen LogP contribution in [0.1, 0.15) is 39.2 Å². The molecule has 0 fully saturated rings. The molecular weight excluding hydrogens is 340 g/mol. The molecule has 3 N–H and O–H groups in total. The Bertz CT molecular complexity index is 920. The van der Waals surface area contributed by atoms with E-state index >= 15 is 0 Å². The monoisotopic (exact) mass is 360 g/mol. The molecule has 27 heavy (non-hydrogen) atoms. The van der Waals surface area contributed by atoms with Gasteiger partial charge in [0.1, 0.15) is 0 Å². The van der Waals surface area contributed by atoms with Crippen molar-refractivity contribution in [3.05, 3.63) is 95.6 Å². The Morgan fingerprint density at radius 2 is 1.26 bits per heavy atom. The number of rotatable bonds is 5. The van der Waals surface area contributed by atoms with Crippen LogP contribution in [0.4, 0.5) is 0 Å². The quantitative estimate of drug-likeness (QED) is 0.476. The Hall–Kier alpha value is -3.44. The predicted octanol–water partition coefficient (Wildman–Crippen LogP) is 3.96. The lowest BCUT2D eigenvalue weighted by atomic mass is 10.0. The molecule has 0 unspecified atom stereocenters. The molecule has 0 aliphatic carbocycles. The zero-order chi connectivity index (χ0) is 19.2. The van der Waals surface area contributed by atoms with Crippen molar-refractivity contribution in [2.45, 2.75) is 13.0 Å². The summed E-state index contributed by atoms with van der Waals surface area (Å²) in [5, 5.41) is 11.6. The van der Waals surface area contributed by atoms with Gasteiger partial charge in [-0.2, -0.15) is 0 Å². The second kappa shape index (κ2) is 8.29. The summed E-state index contributed by atoms with van der Waals surface area (Å²) in [4.78, 5) is 23.8. The summed E-state index contributed by atoms with van der Waals surface area (Å²) in [6.45, 7) is 1.87. The Balaban J connectivity index is 1.67. The van der Waals surface area contributed by atoms with Gasteiger partial charge in [0, 0.05) is 11.1 Å². The number of carbonyl (C=O) groups excluding carboxylic acids is 2. The molecule has 3 aromatic carbocycles. The van der Waals surface area contributed by atoms with E-state index in [1.54, 1.807) is 41.9 Å². The van der Waals surface area contributed by atoms with Crippen LogP contribution in [0.15, 0.2) is 78.9 Å². The molecule has 5 nitrogen and oxygen atoms in total. The van der Waals surface area contributed by atoms with Crippen LogP contribution in [0.25, 0.3) is 11.1 Å². The molecule has 0 bridgehead atoms. The highest BCUT2D eigenvalue weighted by atomic mass is 16.5. The van der Waals surface area contributed by atoms with Crippen molar-refractivity contribution >= 4 is 11.8 Å². The van der Waals surface area contributed by atoms with Crippen LogP contribution in [0, 0.1) is 0 Å². The number of carbonyl (C=O) groups is 2. The number of hydrogen-bond donors (Lipinski definition) is 3. The minimum atomic E-state index is -0.572. The van der Waals surface area contributed by atoms with E-state index in [1.807, 2.05) is 49.4 Å². The summed E-state index contributed by atoms with van der Waals surface area (Å²) < 4.78 is 0. The van der Waals surface area contributed by atoms with Gasteiger partial charge >= 0.3 is 0 Å². The van der Waals surface area contributed by atoms with E-state index in [4.69, 9.17) is 5.21 Å². The van der Waals surface area contributed by atoms with Crippen molar-refractivity contribution in [2.24, 2.45) is 0 Å². The topological polar surface area (TPSA) is 78.4 Å². The van der Waals surface area contributed by atoms with Gasteiger partial charge in [0.05, 0.1) is 6.04 Å². The van der Waals surface area contributed by atoms with E-state index in [-0.39, 0.29) is 11.9 Å². The smallest absolute Gasteiger partial charge is 0.274 e. The fraction of sp³-hybridized carbons (Fsp3) is 0.0909. The van der Waals surface area contributed by atoms with Crippen molar-refractivity contribution in [1.82, 2.24) is 10.8 Å². The first-order valence-electron chi connectivity index (χ1n) is 8.59. The van der Waals surface area contributed by atoms with Crippen LogP contribution in [0.5, 0.6) is 0 Å². The first kappa shape index (κ1) is 18.4.